The van der Waals surface area contributed by atoms with Crippen molar-refractivity contribution in [3.05, 3.63) is 51.5 Å². The highest BCUT2D eigenvalue weighted by atomic mass is 79.9. The molecule has 0 bridgehead atoms. The minimum absolute atomic E-state index is 0.0555. The second kappa shape index (κ2) is 8.73. The Bertz CT molecular complexity index is 1120. The molecule has 1 atom stereocenters. The summed E-state index contributed by atoms with van der Waals surface area (Å²) in [5.74, 6) is 0.131. The first-order valence-corrected chi connectivity index (χ1v) is 12.8. The summed E-state index contributed by atoms with van der Waals surface area (Å²) in [5.41, 5.74) is 2.11. The van der Waals surface area contributed by atoms with Crippen LogP contribution in [0, 0.1) is 5.92 Å². The third-order valence-electron chi connectivity index (χ3n) is 6.04. The molecule has 9 heteroatoms. The van der Waals surface area contributed by atoms with Crippen molar-refractivity contribution in [1.29, 1.82) is 0 Å². The second-order valence-corrected chi connectivity index (χ2v) is 11.3. The topological polar surface area (TPSA) is 66.9 Å². The molecule has 1 fully saturated rings. The number of fused-ring (bicyclic) bond motifs is 1. The highest BCUT2D eigenvalue weighted by Gasteiger charge is 2.38. The number of sulfonamides is 1. The molecule has 166 valence electrons. The van der Waals surface area contributed by atoms with Crippen LogP contribution in [0.15, 0.2) is 45.8 Å². The number of carbonyl (C=O) groups is 1. The van der Waals surface area contributed by atoms with Gasteiger partial charge in [-0.25, -0.2) is 8.42 Å². The van der Waals surface area contributed by atoms with Gasteiger partial charge in [0.1, 0.15) is 10.6 Å². The van der Waals surface area contributed by atoms with Gasteiger partial charge in [0.25, 0.3) is 0 Å². The van der Waals surface area contributed by atoms with Crippen LogP contribution in [0.25, 0.3) is 0 Å². The van der Waals surface area contributed by atoms with Gasteiger partial charge in [0, 0.05) is 40.2 Å². The maximum Gasteiger partial charge on any atom is 0.246 e. The maximum atomic E-state index is 13.3. The molecule has 0 aromatic heterocycles. The average molecular weight is 528 g/mol. The summed E-state index contributed by atoms with van der Waals surface area (Å²) < 4.78 is 34.0. The molecule has 2 heterocycles. The van der Waals surface area contributed by atoms with Crippen LogP contribution in [0.1, 0.15) is 25.3 Å². The molecule has 0 unspecified atom stereocenters. The molecule has 0 saturated carbocycles. The van der Waals surface area contributed by atoms with Gasteiger partial charge >= 0.3 is 0 Å². The molecule has 0 aliphatic carbocycles. The molecule has 2 aromatic rings. The summed E-state index contributed by atoms with van der Waals surface area (Å²) >= 11 is 9.52. The van der Waals surface area contributed by atoms with E-state index in [-0.39, 0.29) is 41.6 Å². The van der Waals surface area contributed by atoms with Crippen molar-refractivity contribution in [1.82, 2.24) is 4.31 Å². The van der Waals surface area contributed by atoms with E-state index in [4.69, 9.17) is 16.3 Å². The molecular weight excluding hydrogens is 504 g/mol. The van der Waals surface area contributed by atoms with Gasteiger partial charge in [0.15, 0.2) is 0 Å². The molecule has 0 spiro atoms. The Hall–Kier alpha value is -1.61. The Balaban J connectivity index is 1.49. The SMILES string of the molecule is COc1ccc(Cl)cc1S(=O)(=O)N1CCC(C(=O)N2c3ccc(Br)cc3C[C@@H]2C)CC1. The van der Waals surface area contributed by atoms with Crippen LogP contribution >= 0.6 is 27.5 Å². The van der Waals surface area contributed by atoms with E-state index in [0.29, 0.717) is 17.9 Å². The predicted octanol–water partition coefficient (Wildman–Crippen LogP) is 4.49. The molecule has 1 saturated heterocycles. The molecule has 1 amide bonds. The highest BCUT2D eigenvalue weighted by Crippen LogP contribution is 2.37. The lowest BCUT2D eigenvalue weighted by Crippen LogP contribution is -2.46. The number of nitrogens with zero attached hydrogens (tertiary/aromatic N) is 2. The van der Waals surface area contributed by atoms with E-state index in [9.17, 15) is 13.2 Å². The number of anilines is 1. The smallest absolute Gasteiger partial charge is 0.246 e. The zero-order valence-electron chi connectivity index (χ0n) is 17.3. The fourth-order valence-corrected chi connectivity index (χ4v) is 6.76. The molecule has 2 aliphatic rings. The second-order valence-electron chi connectivity index (χ2n) is 8.01. The molecule has 0 N–H and O–H groups in total. The fraction of sp³-hybridized carbons (Fsp3) is 0.409. The van der Waals surface area contributed by atoms with Gasteiger partial charge in [-0.3, -0.25) is 4.79 Å². The van der Waals surface area contributed by atoms with E-state index < -0.39 is 10.0 Å². The summed E-state index contributed by atoms with van der Waals surface area (Å²) in [6, 6.07) is 10.6. The number of benzene rings is 2. The van der Waals surface area contributed by atoms with Gasteiger partial charge in [-0.2, -0.15) is 4.31 Å². The first-order valence-electron chi connectivity index (χ1n) is 10.2. The molecular formula is C22H24BrClN2O4S. The first-order chi connectivity index (χ1) is 14.7. The van der Waals surface area contributed by atoms with Crippen molar-refractivity contribution in [3.8, 4) is 5.75 Å². The van der Waals surface area contributed by atoms with Crippen LogP contribution in [-0.4, -0.2) is 44.9 Å². The Labute approximate surface area is 196 Å². The minimum Gasteiger partial charge on any atom is -0.495 e. The van der Waals surface area contributed by atoms with Crippen LogP contribution < -0.4 is 9.64 Å². The van der Waals surface area contributed by atoms with Gasteiger partial charge in [-0.05, 0) is 68.1 Å². The van der Waals surface area contributed by atoms with Crippen molar-refractivity contribution in [3.63, 3.8) is 0 Å². The number of ether oxygens (including phenoxy) is 1. The first kappa shape index (κ1) is 22.6. The van der Waals surface area contributed by atoms with Crippen LogP contribution in [0.5, 0.6) is 5.75 Å². The quantitative estimate of drug-likeness (QED) is 0.588. The van der Waals surface area contributed by atoms with Crippen molar-refractivity contribution in [2.45, 2.75) is 37.1 Å². The zero-order chi connectivity index (χ0) is 22.3. The monoisotopic (exact) mass is 526 g/mol. The minimum atomic E-state index is -3.77. The molecule has 2 aromatic carbocycles. The summed E-state index contributed by atoms with van der Waals surface area (Å²) in [6.45, 7) is 2.62. The van der Waals surface area contributed by atoms with Crippen molar-refractivity contribution >= 4 is 49.1 Å². The fourth-order valence-electron chi connectivity index (χ4n) is 4.47. The number of amides is 1. The van der Waals surface area contributed by atoms with Crippen LogP contribution in [0.4, 0.5) is 5.69 Å². The lowest BCUT2D eigenvalue weighted by molar-refractivity contribution is -0.123. The van der Waals surface area contributed by atoms with Crippen molar-refractivity contribution in [2.75, 3.05) is 25.1 Å². The summed E-state index contributed by atoms with van der Waals surface area (Å²) in [5, 5.41) is 0.331. The summed E-state index contributed by atoms with van der Waals surface area (Å²) in [7, 11) is -2.33. The van der Waals surface area contributed by atoms with Gasteiger partial charge in [0.2, 0.25) is 15.9 Å². The van der Waals surface area contributed by atoms with Crippen LogP contribution in [0.2, 0.25) is 5.02 Å². The Morgan fingerprint density at radius 2 is 1.87 bits per heavy atom. The Kier molecular flexibility index (Phi) is 6.36. The van der Waals surface area contributed by atoms with E-state index in [1.54, 1.807) is 12.1 Å². The number of methoxy groups -OCH3 is 1. The number of carbonyl (C=O) groups excluding carboxylic acids is 1. The van der Waals surface area contributed by atoms with Crippen molar-refractivity contribution in [2.24, 2.45) is 5.92 Å². The average Bonchev–Trinajstić information content (AvgIpc) is 3.07. The Morgan fingerprint density at radius 3 is 2.55 bits per heavy atom. The predicted molar refractivity (Wildman–Crippen MR) is 124 cm³/mol. The van der Waals surface area contributed by atoms with E-state index in [1.165, 1.54) is 17.5 Å². The lowest BCUT2D eigenvalue weighted by atomic mass is 9.96. The van der Waals surface area contributed by atoms with E-state index in [2.05, 4.69) is 28.9 Å². The highest BCUT2D eigenvalue weighted by molar-refractivity contribution is 9.10. The van der Waals surface area contributed by atoms with Gasteiger partial charge < -0.3 is 9.64 Å². The summed E-state index contributed by atoms with van der Waals surface area (Å²) in [6.07, 6.45) is 1.79. The summed E-state index contributed by atoms with van der Waals surface area (Å²) in [4.78, 5) is 15.3. The number of hydrogen-bond donors (Lipinski definition) is 0. The number of rotatable bonds is 4. The number of halogens is 2. The third kappa shape index (κ3) is 4.23. The molecule has 31 heavy (non-hydrogen) atoms. The van der Waals surface area contributed by atoms with Gasteiger partial charge in [-0.1, -0.05) is 27.5 Å². The number of hydrogen-bond acceptors (Lipinski definition) is 4. The Morgan fingerprint density at radius 1 is 1.16 bits per heavy atom. The largest absolute Gasteiger partial charge is 0.495 e. The molecule has 6 nitrogen and oxygen atoms in total. The van der Waals surface area contributed by atoms with Gasteiger partial charge in [0.05, 0.1) is 7.11 Å². The van der Waals surface area contributed by atoms with E-state index in [1.807, 2.05) is 17.0 Å². The third-order valence-corrected chi connectivity index (χ3v) is 8.69. The van der Waals surface area contributed by atoms with Gasteiger partial charge in [-0.15, -0.1) is 0 Å². The normalized spacial score (nSPS) is 20.0. The van der Waals surface area contributed by atoms with Crippen LogP contribution in [-0.2, 0) is 21.2 Å². The standard InChI is InChI=1S/C22H24BrClN2O4S/c1-14-11-16-12-17(23)3-5-19(16)26(14)22(27)15-7-9-25(10-8-15)31(28,29)21-13-18(24)4-6-20(21)30-2/h3-6,12-15H,7-11H2,1-2H3/t14-/m0/s1. The van der Waals surface area contributed by atoms with E-state index in [0.717, 1.165) is 22.1 Å². The van der Waals surface area contributed by atoms with E-state index >= 15 is 0 Å². The molecule has 4 rings (SSSR count). The lowest BCUT2D eigenvalue weighted by Gasteiger charge is -2.34. The number of piperidine rings is 1. The maximum absolute atomic E-state index is 13.3. The van der Waals surface area contributed by atoms with Crippen molar-refractivity contribution < 1.29 is 17.9 Å². The molecule has 2 aliphatic heterocycles. The molecule has 0 radical (unpaired) electrons. The van der Waals surface area contributed by atoms with Crippen LogP contribution in [0.3, 0.4) is 0 Å². The zero-order valence-corrected chi connectivity index (χ0v) is 20.5.